The number of aliphatic hydroxyl groups is 1. The molecule has 4 atom stereocenters. The summed E-state index contributed by atoms with van der Waals surface area (Å²) in [5.41, 5.74) is 10.7. The van der Waals surface area contributed by atoms with Crippen molar-refractivity contribution in [1.29, 1.82) is 0 Å². The number of aromatic hydroxyl groups is 1. The lowest BCUT2D eigenvalue weighted by Gasteiger charge is -2.26. The van der Waals surface area contributed by atoms with Crippen LogP contribution in [0.1, 0.15) is 35.2 Å². The average molecular weight is 769 g/mol. The molecule has 252 valence electrons. The fourth-order valence-electron chi connectivity index (χ4n) is 4.56. The van der Waals surface area contributed by atoms with Crippen molar-refractivity contribution < 1.29 is 43.9 Å². The van der Waals surface area contributed by atoms with Crippen molar-refractivity contribution in [3.8, 4) is 5.75 Å². The monoisotopic (exact) mass is 768 g/mol. The maximum Gasteiger partial charge on any atom is 0.271 e. The number of phenolic OH excluding ortho intramolecular Hbond substituents is 1. The zero-order valence-corrected chi connectivity index (χ0v) is 26.8. The summed E-state index contributed by atoms with van der Waals surface area (Å²) >= 11 is 1.75. The third kappa shape index (κ3) is 10.2. The van der Waals surface area contributed by atoms with Crippen LogP contribution in [0.3, 0.4) is 0 Å². The van der Waals surface area contributed by atoms with E-state index >= 15 is 0 Å². The number of nitro groups is 1. The fourth-order valence-corrected chi connectivity index (χ4v) is 5.36. The van der Waals surface area contributed by atoms with Crippen LogP contribution in [0, 0.1) is 13.7 Å². The van der Waals surface area contributed by atoms with Gasteiger partial charge in [-0.15, -0.1) is 0 Å². The third-order valence-electron chi connectivity index (χ3n) is 7.05. The predicted octanol–water partition coefficient (Wildman–Crippen LogP) is -1.74. The van der Waals surface area contributed by atoms with Gasteiger partial charge < -0.3 is 48.3 Å². The number of aliphatic hydroxyl groups excluding tert-OH is 1. The van der Waals surface area contributed by atoms with Crippen LogP contribution in [0.25, 0.3) is 0 Å². The van der Waals surface area contributed by atoms with Crippen LogP contribution < -0.4 is 38.1 Å². The van der Waals surface area contributed by atoms with Crippen molar-refractivity contribution in [2.24, 2.45) is 11.5 Å². The maximum atomic E-state index is 13.5. The molecule has 0 radical (unpaired) electrons. The van der Waals surface area contributed by atoms with Crippen molar-refractivity contribution >= 4 is 69.4 Å². The van der Waals surface area contributed by atoms with E-state index in [1.807, 2.05) is 0 Å². The molecule has 11 N–H and O–H groups in total. The molecule has 19 heteroatoms. The molecule has 0 spiro atoms. The second-order valence-electron chi connectivity index (χ2n) is 10.5. The molecule has 0 unspecified atom stereocenters. The van der Waals surface area contributed by atoms with E-state index in [1.165, 1.54) is 30.3 Å². The summed E-state index contributed by atoms with van der Waals surface area (Å²) in [6.45, 7) is -1.04. The van der Waals surface area contributed by atoms with Gasteiger partial charge in [-0.25, -0.2) is 0 Å². The number of non-ortho nitro benzene ring substituents is 1. The van der Waals surface area contributed by atoms with E-state index in [-0.39, 0.29) is 52.8 Å². The normalized spacial score (nSPS) is 21.1. The van der Waals surface area contributed by atoms with E-state index in [4.69, 9.17) is 11.5 Å². The van der Waals surface area contributed by atoms with Crippen molar-refractivity contribution in [1.82, 2.24) is 21.3 Å². The van der Waals surface area contributed by atoms with E-state index in [2.05, 4.69) is 26.6 Å². The Kier molecular flexibility index (Phi) is 12.8. The van der Waals surface area contributed by atoms with Crippen molar-refractivity contribution in [3.63, 3.8) is 0 Å². The van der Waals surface area contributed by atoms with Gasteiger partial charge in [0.2, 0.25) is 29.5 Å². The quantitative estimate of drug-likeness (QED) is 0.0825. The smallest absolute Gasteiger partial charge is 0.271 e. The van der Waals surface area contributed by atoms with Crippen molar-refractivity contribution in [2.75, 3.05) is 18.5 Å². The summed E-state index contributed by atoms with van der Waals surface area (Å²) in [6.07, 6.45) is -0.991. The summed E-state index contributed by atoms with van der Waals surface area (Å²) in [5.74, 6) is -5.64. The summed E-state index contributed by atoms with van der Waals surface area (Å²) in [4.78, 5) is 88.3. The number of nitrogens with zero attached hydrogens (tertiary/aromatic N) is 1. The lowest BCUT2D eigenvalue weighted by molar-refractivity contribution is -0.385. The van der Waals surface area contributed by atoms with Crippen LogP contribution in [0.4, 0.5) is 11.4 Å². The predicted molar refractivity (Wildman–Crippen MR) is 172 cm³/mol. The lowest BCUT2D eigenvalue weighted by atomic mass is 10.0. The molecular formula is C28H33IN8O10. The fraction of sp³-hybridized carbons (Fsp3) is 0.357. The van der Waals surface area contributed by atoms with Gasteiger partial charge in [0.15, 0.2) is 0 Å². The highest BCUT2D eigenvalue weighted by molar-refractivity contribution is 14.1. The van der Waals surface area contributed by atoms with E-state index in [1.54, 1.807) is 22.6 Å². The van der Waals surface area contributed by atoms with E-state index in [0.29, 0.717) is 5.56 Å². The Balaban J connectivity index is 2.08. The molecule has 0 fully saturated rings. The molecule has 3 rings (SSSR count). The molecule has 0 saturated carbocycles. The summed E-state index contributed by atoms with van der Waals surface area (Å²) < 4.78 is 0.222. The minimum atomic E-state index is -1.66. The highest BCUT2D eigenvalue weighted by Crippen LogP contribution is 2.29. The molecule has 1 aliphatic rings. The Hall–Kier alpha value is -5.05. The Morgan fingerprint density at radius 3 is 2.15 bits per heavy atom. The number of nitrogens with one attached hydrogen (secondary N) is 5. The largest absolute Gasteiger partial charge is 0.508 e. The number of fused-ring (bicyclic) bond motifs is 1. The van der Waals surface area contributed by atoms with Gasteiger partial charge in [0, 0.05) is 35.1 Å². The number of hydrogen-bond acceptors (Lipinski definition) is 11. The highest BCUT2D eigenvalue weighted by atomic mass is 127. The van der Waals surface area contributed by atoms with Gasteiger partial charge in [-0.1, -0.05) is 12.1 Å². The van der Waals surface area contributed by atoms with Gasteiger partial charge in [-0.2, -0.15) is 0 Å². The number of nitro benzene ring substituents is 1. The number of halogens is 1. The molecule has 0 aliphatic carbocycles. The van der Waals surface area contributed by atoms with E-state index in [0.717, 1.165) is 6.07 Å². The number of benzene rings is 2. The number of anilines is 1. The van der Waals surface area contributed by atoms with Crippen LogP contribution in [-0.4, -0.2) is 87.9 Å². The Bertz CT molecular complexity index is 1550. The lowest BCUT2D eigenvalue weighted by Crippen LogP contribution is -2.59. The van der Waals surface area contributed by atoms with Gasteiger partial charge in [-0.3, -0.25) is 38.9 Å². The molecule has 0 bridgehead atoms. The van der Waals surface area contributed by atoms with E-state index < -0.39 is 76.8 Å². The Morgan fingerprint density at radius 1 is 0.936 bits per heavy atom. The molecular weight excluding hydrogens is 735 g/mol. The number of carbonyl (C=O) groups excluding carboxylic acids is 6. The minimum absolute atomic E-state index is 0.0527. The second-order valence-corrected chi connectivity index (χ2v) is 11.7. The molecule has 18 nitrogen and oxygen atoms in total. The number of phenols is 1. The first-order valence-electron chi connectivity index (χ1n) is 14.1. The first kappa shape index (κ1) is 36.4. The average Bonchev–Trinajstić information content (AvgIpc) is 3.01. The van der Waals surface area contributed by atoms with Crippen LogP contribution in [0.2, 0.25) is 0 Å². The summed E-state index contributed by atoms with van der Waals surface area (Å²) in [5, 5.41) is 43.7. The zero-order valence-electron chi connectivity index (χ0n) is 24.7. The number of primary amides is 2. The first-order chi connectivity index (χ1) is 22.2. The molecule has 1 heterocycles. The number of nitrogens with two attached hydrogens (primary N) is 2. The Labute approximate surface area is 280 Å². The maximum absolute atomic E-state index is 13.5. The molecule has 0 aromatic heterocycles. The number of carbonyl (C=O) groups is 6. The third-order valence-corrected chi connectivity index (χ3v) is 7.90. The molecule has 1 aliphatic heterocycles. The number of rotatable bonds is 8. The van der Waals surface area contributed by atoms with Gasteiger partial charge in [0.25, 0.3) is 11.6 Å². The highest BCUT2D eigenvalue weighted by Gasteiger charge is 2.32. The number of amides is 6. The molecule has 2 aromatic rings. The summed E-state index contributed by atoms with van der Waals surface area (Å²) in [7, 11) is 0. The van der Waals surface area contributed by atoms with Crippen molar-refractivity contribution in [2.45, 2.75) is 49.9 Å². The van der Waals surface area contributed by atoms with Crippen LogP contribution in [0.15, 0.2) is 36.4 Å². The molecule has 6 amide bonds. The van der Waals surface area contributed by atoms with Gasteiger partial charge in [0.1, 0.15) is 29.9 Å². The first-order valence-corrected chi connectivity index (χ1v) is 15.2. The van der Waals surface area contributed by atoms with Gasteiger partial charge in [0.05, 0.1) is 22.8 Å². The molecule has 0 saturated heterocycles. The van der Waals surface area contributed by atoms with E-state index in [9.17, 15) is 49.1 Å². The SMILES string of the molecule is NC(=O)CC[C@@H]1NC(=O)[C@H](CO)NC(=O)c2cc([N+](=O)[O-])cc(I)c2NCC[C@@H](C(N)=O)NC(=O)[C@H](Cc2ccc(O)cc2)NC1=O. The van der Waals surface area contributed by atoms with Crippen molar-refractivity contribution in [3.05, 3.63) is 61.2 Å². The van der Waals surface area contributed by atoms with Gasteiger partial charge >= 0.3 is 0 Å². The topological polar surface area (TPSA) is 298 Å². The van der Waals surface area contributed by atoms with Crippen LogP contribution >= 0.6 is 22.6 Å². The van der Waals surface area contributed by atoms with Crippen LogP contribution in [-0.2, 0) is 30.4 Å². The Morgan fingerprint density at radius 2 is 1.55 bits per heavy atom. The van der Waals surface area contributed by atoms with Gasteiger partial charge in [-0.05, 0) is 53.1 Å². The minimum Gasteiger partial charge on any atom is -0.508 e. The molecule has 2 aromatic carbocycles. The van der Waals surface area contributed by atoms with Crippen LogP contribution in [0.5, 0.6) is 5.75 Å². The molecule has 47 heavy (non-hydrogen) atoms. The second kappa shape index (κ2) is 16.5. The zero-order chi connectivity index (χ0) is 34.8. The standard InChI is InChI=1S/C28H33IN8O10/c29-17-11-14(37(46)47)10-16-23(17)32-8-7-18(24(31)41)33-27(44)20(9-13-1-3-15(39)4-2-13)35-26(43)19(5-6-22(30)40)34-28(45)21(12-38)36-25(16)42/h1-4,10-11,18-21,32,38-39H,5-9,12H2,(H2,30,40)(H2,31,41)(H,33,44)(H,34,45)(H,35,43)(H,36,42)/t18-,19-,20-,21-/m0/s1. The summed E-state index contributed by atoms with van der Waals surface area (Å²) in [6, 6.07) is 2.02. The number of hydrogen-bond donors (Lipinski definition) is 9.